The third-order valence-electron chi connectivity index (χ3n) is 6.90. The largest absolute Gasteiger partial charge is 0.374 e. The molecule has 1 fully saturated rings. The summed E-state index contributed by atoms with van der Waals surface area (Å²) in [7, 11) is 2.19. The van der Waals surface area contributed by atoms with Gasteiger partial charge in [0.2, 0.25) is 0 Å². The molecule has 0 bridgehead atoms. The van der Waals surface area contributed by atoms with Gasteiger partial charge < -0.3 is 14.4 Å². The average Bonchev–Trinajstić information content (AvgIpc) is 3.19. The minimum absolute atomic E-state index is 0.267. The second kappa shape index (κ2) is 24.1. The highest BCUT2D eigenvalue weighted by Gasteiger charge is 2.32. The normalized spacial score (nSPS) is 19.3. The standard InChI is InChI=1S/C31H59NO2/c1-4-6-8-10-12-13-14-15-16-17-18-19-20-21-23-25-27-34-31-29-32(3)28-30(31)33-26-24-22-11-9-7-5-2/h12-13,15-16,30-31H,4-11,14,17-29H2,1-3H3/t30-,31?/m1/s1. The lowest BCUT2D eigenvalue weighted by Gasteiger charge is -2.20. The van der Waals surface area contributed by atoms with Gasteiger partial charge in [0.1, 0.15) is 0 Å². The van der Waals surface area contributed by atoms with E-state index in [9.17, 15) is 0 Å². The number of ether oxygens (including phenoxy) is 2. The van der Waals surface area contributed by atoms with Crippen molar-refractivity contribution >= 4 is 0 Å². The molecule has 0 N–H and O–H groups in total. The van der Waals surface area contributed by atoms with Crippen molar-refractivity contribution < 1.29 is 9.47 Å². The monoisotopic (exact) mass is 477 g/mol. The van der Waals surface area contributed by atoms with E-state index in [2.05, 4.69) is 50.1 Å². The lowest BCUT2D eigenvalue weighted by Crippen LogP contribution is -2.30. The van der Waals surface area contributed by atoms with Crippen molar-refractivity contribution in [2.45, 2.75) is 142 Å². The van der Waals surface area contributed by atoms with Crippen molar-refractivity contribution in [1.29, 1.82) is 0 Å². The molecule has 0 saturated carbocycles. The van der Waals surface area contributed by atoms with E-state index in [1.54, 1.807) is 0 Å². The van der Waals surface area contributed by atoms with Crippen molar-refractivity contribution in [3.8, 4) is 0 Å². The molecule has 0 aliphatic carbocycles. The van der Waals surface area contributed by atoms with Gasteiger partial charge >= 0.3 is 0 Å². The molecule has 0 radical (unpaired) electrons. The van der Waals surface area contributed by atoms with E-state index in [1.807, 2.05) is 0 Å². The van der Waals surface area contributed by atoms with E-state index in [0.717, 1.165) is 32.7 Å². The summed E-state index contributed by atoms with van der Waals surface area (Å²) in [4.78, 5) is 2.36. The highest BCUT2D eigenvalue weighted by atomic mass is 16.5. The predicted molar refractivity (Wildman–Crippen MR) is 150 cm³/mol. The van der Waals surface area contributed by atoms with Gasteiger partial charge in [-0.3, -0.25) is 0 Å². The Kier molecular flexibility index (Phi) is 22.2. The van der Waals surface area contributed by atoms with Crippen molar-refractivity contribution in [2.75, 3.05) is 33.4 Å². The molecular weight excluding hydrogens is 418 g/mol. The van der Waals surface area contributed by atoms with Gasteiger partial charge in [-0.2, -0.15) is 0 Å². The number of hydrogen-bond donors (Lipinski definition) is 0. The molecule has 0 aromatic carbocycles. The van der Waals surface area contributed by atoms with E-state index in [4.69, 9.17) is 9.47 Å². The summed E-state index contributed by atoms with van der Waals surface area (Å²) < 4.78 is 12.4. The Bertz CT molecular complexity index is 476. The Hall–Kier alpha value is -0.640. The Morgan fingerprint density at radius 1 is 0.559 bits per heavy atom. The summed E-state index contributed by atoms with van der Waals surface area (Å²) >= 11 is 0. The Balaban J connectivity index is 1.91. The van der Waals surface area contributed by atoms with E-state index in [0.29, 0.717) is 0 Å². The Morgan fingerprint density at radius 2 is 0.971 bits per heavy atom. The molecule has 1 rings (SSSR count). The maximum atomic E-state index is 6.23. The second-order valence-electron chi connectivity index (χ2n) is 10.4. The van der Waals surface area contributed by atoms with Gasteiger partial charge in [0.25, 0.3) is 0 Å². The third kappa shape index (κ3) is 18.7. The number of allylic oxidation sites excluding steroid dienone is 4. The number of nitrogens with zero attached hydrogens (tertiary/aromatic N) is 1. The number of hydrogen-bond acceptors (Lipinski definition) is 3. The molecule has 34 heavy (non-hydrogen) atoms. The minimum atomic E-state index is 0.267. The Morgan fingerprint density at radius 3 is 1.50 bits per heavy atom. The predicted octanol–water partition coefficient (Wildman–Crippen LogP) is 8.88. The van der Waals surface area contributed by atoms with E-state index in [1.165, 1.54) is 109 Å². The van der Waals surface area contributed by atoms with Crippen LogP contribution in [-0.2, 0) is 9.47 Å². The maximum Gasteiger partial charge on any atom is 0.0975 e. The van der Waals surface area contributed by atoms with E-state index < -0.39 is 0 Å². The van der Waals surface area contributed by atoms with E-state index in [-0.39, 0.29) is 12.2 Å². The van der Waals surface area contributed by atoms with Crippen LogP contribution in [0.15, 0.2) is 24.3 Å². The first-order valence-corrected chi connectivity index (χ1v) is 15.0. The molecule has 1 saturated heterocycles. The van der Waals surface area contributed by atoms with Crippen LogP contribution in [0, 0.1) is 0 Å². The summed E-state index contributed by atoms with van der Waals surface area (Å²) in [6, 6.07) is 0. The molecular formula is C31H59NO2. The lowest BCUT2D eigenvalue weighted by atomic mass is 10.1. The number of rotatable bonds is 24. The molecule has 0 amide bonds. The van der Waals surface area contributed by atoms with Crippen LogP contribution in [-0.4, -0.2) is 50.5 Å². The van der Waals surface area contributed by atoms with Crippen LogP contribution >= 0.6 is 0 Å². The van der Waals surface area contributed by atoms with Crippen molar-refractivity contribution in [1.82, 2.24) is 4.90 Å². The quantitative estimate of drug-likeness (QED) is 0.102. The van der Waals surface area contributed by atoms with Crippen molar-refractivity contribution in [3.63, 3.8) is 0 Å². The highest BCUT2D eigenvalue weighted by molar-refractivity contribution is 4.92. The van der Waals surface area contributed by atoms with Crippen LogP contribution in [0.4, 0.5) is 0 Å². The first-order chi connectivity index (χ1) is 16.8. The highest BCUT2D eigenvalue weighted by Crippen LogP contribution is 2.17. The zero-order chi connectivity index (χ0) is 24.5. The number of likely N-dealkylation sites (tertiary alicyclic amines) is 1. The van der Waals surface area contributed by atoms with Gasteiger partial charge in [-0.15, -0.1) is 0 Å². The topological polar surface area (TPSA) is 21.7 Å². The van der Waals surface area contributed by atoms with Crippen LogP contribution < -0.4 is 0 Å². The summed E-state index contributed by atoms with van der Waals surface area (Å²) in [6.07, 6.45) is 33.3. The van der Waals surface area contributed by atoms with Crippen molar-refractivity contribution in [3.05, 3.63) is 24.3 Å². The fourth-order valence-corrected chi connectivity index (χ4v) is 4.69. The van der Waals surface area contributed by atoms with Crippen LogP contribution in [0.5, 0.6) is 0 Å². The summed E-state index contributed by atoms with van der Waals surface area (Å²) in [6.45, 7) is 8.36. The first kappa shape index (κ1) is 31.4. The smallest absolute Gasteiger partial charge is 0.0975 e. The molecule has 2 atom stereocenters. The summed E-state index contributed by atoms with van der Waals surface area (Å²) in [5.41, 5.74) is 0. The zero-order valence-corrected chi connectivity index (χ0v) is 23.3. The molecule has 3 heteroatoms. The van der Waals surface area contributed by atoms with Crippen LogP contribution in [0.1, 0.15) is 129 Å². The fourth-order valence-electron chi connectivity index (χ4n) is 4.69. The van der Waals surface area contributed by atoms with Gasteiger partial charge in [-0.25, -0.2) is 0 Å². The van der Waals surface area contributed by atoms with Gasteiger partial charge in [0.15, 0.2) is 0 Å². The number of unbranched alkanes of at least 4 members (excludes halogenated alkanes) is 14. The molecule has 0 aromatic heterocycles. The van der Waals surface area contributed by atoms with Crippen LogP contribution in [0.2, 0.25) is 0 Å². The number of likely N-dealkylation sites (N-methyl/N-ethyl adjacent to an activating group) is 1. The maximum absolute atomic E-state index is 6.23. The molecule has 1 aliphatic heterocycles. The van der Waals surface area contributed by atoms with Crippen LogP contribution in [0.25, 0.3) is 0 Å². The van der Waals surface area contributed by atoms with Gasteiger partial charge in [0.05, 0.1) is 12.2 Å². The molecule has 0 aromatic rings. The first-order valence-electron chi connectivity index (χ1n) is 15.0. The fraction of sp³-hybridized carbons (Fsp3) is 0.871. The molecule has 0 spiro atoms. The van der Waals surface area contributed by atoms with Crippen molar-refractivity contribution in [2.24, 2.45) is 0 Å². The lowest BCUT2D eigenvalue weighted by molar-refractivity contribution is -0.0481. The average molecular weight is 478 g/mol. The molecule has 1 unspecified atom stereocenters. The zero-order valence-electron chi connectivity index (χ0n) is 23.3. The van der Waals surface area contributed by atoms with Gasteiger partial charge in [0, 0.05) is 26.3 Å². The SMILES string of the molecule is CCCCCC=CCC=CCCCCCCCCOC1CN(C)C[C@H]1OCCCCCCCC. The second-order valence-corrected chi connectivity index (χ2v) is 10.4. The molecule has 3 nitrogen and oxygen atoms in total. The van der Waals surface area contributed by atoms with Gasteiger partial charge in [-0.05, 0) is 52.0 Å². The minimum Gasteiger partial charge on any atom is -0.374 e. The molecule has 200 valence electrons. The third-order valence-corrected chi connectivity index (χ3v) is 6.90. The van der Waals surface area contributed by atoms with Crippen LogP contribution in [0.3, 0.4) is 0 Å². The Labute approximate surface area is 213 Å². The van der Waals surface area contributed by atoms with Gasteiger partial charge in [-0.1, -0.05) is 109 Å². The molecule has 1 heterocycles. The van der Waals surface area contributed by atoms with E-state index >= 15 is 0 Å². The summed E-state index contributed by atoms with van der Waals surface area (Å²) in [5, 5.41) is 0. The summed E-state index contributed by atoms with van der Waals surface area (Å²) in [5.74, 6) is 0. The molecule has 1 aliphatic rings.